The molecule has 0 saturated carbocycles. The normalized spacial score (nSPS) is 16.9. The van der Waals surface area contributed by atoms with Gasteiger partial charge >= 0.3 is 0 Å². The molecule has 12 heavy (non-hydrogen) atoms. The molecule has 0 atom stereocenters. The maximum atomic E-state index is 2.40. The summed E-state index contributed by atoms with van der Waals surface area (Å²) in [5.41, 5.74) is 8.63. The molecule has 0 aliphatic heterocycles. The molecular weight excluding hydrogens is 144 g/mol. The molecule has 0 heterocycles. The summed E-state index contributed by atoms with van der Waals surface area (Å²) in [7, 11) is 0. The van der Waals surface area contributed by atoms with Gasteiger partial charge in [0.15, 0.2) is 0 Å². The summed E-state index contributed by atoms with van der Waals surface area (Å²) < 4.78 is 0. The lowest BCUT2D eigenvalue weighted by molar-refractivity contribution is 0.588. The first-order valence-electron chi connectivity index (χ1n) is 4.74. The molecule has 0 bridgehead atoms. The van der Waals surface area contributed by atoms with Gasteiger partial charge in [-0.2, -0.15) is 0 Å². The summed E-state index contributed by atoms with van der Waals surface area (Å²) in [6.07, 6.45) is 2.55. The Kier molecular flexibility index (Phi) is 0.900. The van der Waals surface area contributed by atoms with Crippen LogP contribution in [-0.4, -0.2) is 0 Å². The Balaban J connectivity index is 2.26. The second-order valence-corrected chi connectivity index (χ2v) is 5.13. The highest BCUT2D eigenvalue weighted by atomic mass is 14.4. The Bertz CT molecular complexity index is 350. The van der Waals surface area contributed by atoms with Crippen molar-refractivity contribution in [2.75, 3.05) is 0 Å². The molecule has 0 spiro atoms. The summed E-state index contributed by atoms with van der Waals surface area (Å²) in [6, 6.07) is 2.40. The van der Waals surface area contributed by atoms with Crippen LogP contribution in [0.4, 0.5) is 0 Å². The Morgan fingerprint density at radius 2 is 1.50 bits per heavy atom. The third-order valence-corrected chi connectivity index (χ3v) is 2.96. The SMILES string of the molecule is CC(C)(C)c1c2c(cc3c1C3)C2. The smallest absolute Gasteiger partial charge is 0.00168 e. The Labute approximate surface area is 73.6 Å². The average Bonchev–Trinajstić information content (AvgIpc) is 2.67. The Morgan fingerprint density at radius 1 is 1.00 bits per heavy atom. The molecule has 0 N–H and O–H groups in total. The summed E-state index contributed by atoms with van der Waals surface area (Å²) >= 11 is 0. The summed E-state index contributed by atoms with van der Waals surface area (Å²) in [6.45, 7) is 7.00. The van der Waals surface area contributed by atoms with Gasteiger partial charge in [0.25, 0.3) is 0 Å². The molecule has 3 rings (SSSR count). The van der Waals surface area contributed by atoms with Crippen LogP contribution in [0.3, 0.4) is 0 Å². The summed E-state index contributed by atoms with van der Waals surface area (Å²) in [4.78, 5) is 0. The van der Waals surface area contributed by atoms with Gasteiger partial charge in [-0.3, -0.25) is 0 Å². The zero-order chi connectivity index (χ0) is 8.51. The van der Waals surface area contributed by atoms with Gasteiger partial charge in [0.05, 0.1) is 0 Å². The molecule has 0 amide bonds. The predicted molar refractivity (Wildman–Crippen MR) is 50.8 cm³/mol. The van der Waals surface area contributed by atoms with E-state index in [4.69, 9.17) is 0 Å². The van der Waals surface area contributed by atoms with Crippen LogP contribution < -0.4 is 0 Å². The third-order valence-electron chi connectivity index (χ3n) is 2.96. The standard InChI is InChI=1S/C12H14/c1-12(2,3)11-9-5-7(9)4-8-6-10(8)11/h4H,5-6H2,1-3H3. The lowest BCUT2D eigenvalue weighted by Crippen LogP contribution is -2.11. The minimum atomic E-state index is 0.377. The van der Waals surface area contributed by atoms with Gasteiger partial charge in [-0.05, 0) is 46.1 Å². The maximum Gasteiger partial charge on any atom is -0.00168 e. The van der Waals surface area contributed by atoms with E-state index < -0.39 is 0 Å². The molecular formula is C12H14. The van der Waals surface area contributed by atoms with E-state index in [-0.39, 0.29) is 0 Å². The molecule has 1 aromatic carbocycles. The van der Waals surface area contributed by atoms with E-state index in [1.165, 1.54) is 12.8 Å². The highest BCUT2D eigenvalue weighted by Crippen LogP contribution is 2.48. The molecule has 1 aromatic rings. The lowest BCUT2D eigenvalue weighted by Gasteiger charge is -2.19. The molecule has 0 unspecified atom stereocenters. The molecule has 0 aromatic heterocycles. The first kappa shape index (κ1) is 6.71. The fourth-order valence-corrected chi connectivity index (χ4v) is 2.36. The van der Waals surface area contributed by atoms with Crippen LogP contribution in [0.5, 0.6) is 0 Å². The van der Waals surface area contributed by atoms with Gasteiger partial charge in [-0.25, -0.2) is 0 Å². The maximum absolute atomic E-state index is 2.40. The number of benzene rings is 1. The monoisotopic (exact) mass is 158 g/mol. The first-order chi connectivity index (χ1) is 5.57. The molecule has 0 nitrogen and oxygen atoms in total. The van der Waals surface area contributed by atoms with Crippen LogP contribution in [0.2, 0.25) is 0 Å². The van der Waals surface area contributed by atoms with Crippen LogP contribution in [0.25, 0.3) is 0 Å². The van der Waals surface area contributed by atoms with Crippen LogP contribution in [0, 0.1) is 0 Å². The van der Waals surface area contributed by atoms with E-state index in [1.807, 2.05) is 0 Å². The van der Waals surface area contributed by atoms with Gasteiger partial charge < -0.3 is 0 Å². The average molecular weight is 158 g/mol. The number of fused-ring (bicyclic) bond motifs is 2. The molecule has 62 valence electrons. The minimum absolute atomic E-state index is 0.377. The fraction of sp³-hybridized carbons (Fsp3) is 0.500. The number of rotatable bonds is 0. The van der Waals surface area contributed by atoms with Crippen molar-refractivity contribution in [3.63, 3.8) is 0 Å². The van der Waals surface area contributed by atoms with Gasteiger partial charge in [0.2, 0.25) is 0 Å². The largest absolute Gasteiger partial charge is 0.0561 e. The zero-order valence-electron chi connectivity index (χ0n) is 7.99. The minimum Gasteiger partial charge on any atom is -0.0561 e. The Hall–Kier alpha value is -0.780. The second kappa shape index (κ2) is 1.61. The van der Waals surface area contributed by atoms with Crippen LogP contribution in [0.15, 0.2) is 6.07 Å². The topological polar surface area (TPSA) is 0 Å². The summed E-state index contributed by atoms with van der Waals surface area (Å²) in [5, 5.41) is 0. The zero-order valence-corrected chi connectivity index (χ0v) is 7.99. The highest BCUT2D eigenvalue weighted by molar-refractivity contribution is 5.66. The quantitative estimate of drug-likeness (QED) is 0.472. The first-order valence-corrected chi connectivity index (χ1v) is 4.74. The van der Waals surface area contributed by atoms with Crippen molar-refractivity contribution in [2.24, 2.45) is 0 Å². The molecule has 0 saturated heterocycles. The van der Waals surface area contributed by atoms with Crippen molar-refractivity contribution in [1.82, 2.24) is 0 Å². The third kappa shape index (κ3) is 0.730. The molecule has 0 heteroatoms. The number of hydrogen-bond donors (Lipinski definition) is 0. The molecule has 0 fully saturated rings. The van der Waals surface area contributed by atoms with Gasteiger partial charge in [-0.1, -0.05) is 26.8 Å². The van der Waals surface area contributed by atoms with Crippen molar-refractivity contribution >= 4 is 0 Å². The van der Waals surface area contributed by atoms with Gasteiger partial charge in [-0.15, -0.1) is 0 Å². The summed E-state index contributed by atoms with van der Waals surface area (Å²) in [5.74, 6) is 0. The highest BCUT2D eigenvalue weighted by Gasteiger charge is 2.36. The van der Waals surface area contributed by atoms with Crippen molar-refractivity contribution in [2.45, 2.75) is 39.0 Å². The van der Waals surface area contributed by atoms with Crippen LogP contribution in [0.1, 0.15) is 48.6 Å². The van der Waals surface area contributed by atoms with E-state index in [0.29, 0.717) is 5.41 Å². The second-order valence-electron chi connectivity index (χ2n) is 5.13. The molecule has 2 aliphatic carbocycles. The van der Waals surface area contributed by atoms with E-state index in [0.717, 1.165) is 0 Å². The predicted octanol–water partition coefficient (Wildman–Crippen LogP) is 2.79. The molecule has 2 aliphatic rings. The van der Waals surface area contributed by atoms with Crippen molar-refractivity contribution in [3.05, 3.63) is 33.9 Å². The lowest BCUT2D eigenvalue weighted by atomic mass is 9.86. The van der Waals surface area contributed by atoms with Crippen molar-refractivity contribution < 1.29 is 0 Å². The van der Waals surface area contributed by atoms with Crippen molar-refractivity contribution in [3.8, 4) is 0 Å². The van der Waals surface area contributed by atoms with Crippen molar-refractivity contribution in [1.29, 1.82) is 0 Å². The van der Waals surface area contributed by atoms with Gasteiger partial charge in [0.1, 0.15) is 0 Å². The fourth-order valence-electron chi connectivity index (χ4n) is 2.36. The number of hydrogen-bond acceptors (Lipinski definition) is 0. The van der Waals surface area contributed by atoms with E-state index in [2.05, 4.69) is 26.8 Å². The Morgan fingerprint density at radius 3 is 1.92 bits per heavy atom. The molecule has 0 radical (unpaired) electrons. The van der Waals surface area contributed by atoms with E-state index in [9.17, 15) is 0 Å². The van der Waals surface area contributed by atoms with E-state index >= 15 is 0 Å². The van der Waals surface area contributed by atoms with Crippen LogP contribution in [-0.2, 0) is 18.3 Å². The van der Waals surface area contributed by atoms with Crippen LogP contribution >= 0.6 is 0 Å². The van der Waals surface area contributed by atoms with Gasteiger partial charge in [0, 0.05) is 0 Å². The van der Waals surface area contributed by atoms with E-state index in [1.54, 1.807) is 27.8 Å².